The quantitative estimate of drug-likeness (QED) is 0.802. The van der Waals surface area contributed by atoms with Crippen LogP contribution in [0.2, 0.25) is 0 Å². The highest BCUT2D eigenvalue weighted by Crippen LogP contribution is 2.24. The lowest BCUT2D eigenvalue weighted by atomic mass is 10.2. The number of amidine groups is 1. The number of aromatic nitrogens is 1. The van der Waals surface area contributed by atoms with Crippen LogP contribution in [0.25, 0.3) is 0 Å². The van der Waals surface area contributed by atoms with Crippen molar-refractivity contribution in [3.8, 4) is 0 Å². The van der Waals surface area contributed by atoms with Gasteiger partial charge < -0.3 is 15.9 Å². The van der Waals surface area contributed by atoms with E-state index in [0.717, 1.165) is 0 Å². The number of pyridine rings is 1. The molecule has 2 rings (SSSR count). The number of rotatable bonds is 2. The van der Waals surface area contributed by atoms with E-state index in [1.165, 1.54) is 18.3 Å². The Morgan fingerprint density at radius 3 is 2.61 bits per heavy atom. The average Bonchev–Trinajstić information content (AvgIpc) is 2.78. The Hall–Kier alpha value is -2.32. The predicted molar refractivity (Wildman–Crippen MR) is 53.4 cm³/mol. The third kappa shape index (κ3) is 2.34. The number of halogens is 3. The van der Waals surface area contributed by atoms with Crippen molar-refractivity contribution in [2.75, 3.05) is 0 Å². The van der Waals surface area contributed by atoms with Crippen LogP contribution in [-0.4, -0.2) is 29.1 Å². The summed E-state index contributed by atoms with van der Waals surface area (Å²) in [4.78, 5) is 18.6. The van der Waals surface area contributed by atoms with Crippen LogP contribution >= 0.6 is 0 Å². The van der Waals surface area contributed by atoms with E-state index in [2.05, 4.69) is 15.0 Å². The van der Waals surface area contributed by atoms with Crippen molar-refractivity contribution in [3.63, 3.8) is 0 Å². The molecule has 2 heterocycles. The summed E-state index contributed by atoms with van der Waals surface area (Å²) in [6.07, 6.45) is -5.57. The van der Waals surface area contributed by atoms with E-state index in [1.54, 1.807) is 0 Å². The normalized spacial score (nSPS) is 18.8. The molecule has 0 fully saturated rings. The Labute approximate surface area is 98.6 Å². The second-order valence-corrected chi connectivity index (χ2v) is 3.41. The van der Waals surface area contributed by atoms with Crippen LogP contribution in [0.4, 0.5) is 13.2 Å². The fraction of sp³-hybridized carbons (Fsp3) is 0.222. The molecule has 1 atom stereocenters. The molecule has 18 heavy (non-hydrogen) atoms. The molecule has 1 aromatic rings. The van der Waals surface area contributed by atoms with Crippen molar-refractivity contribution < 1.29 is 22.8 Å². The van der Waals surface area contributed by atoms with Gasteiger partial charge in [-0.1, -0.05) is 5.16 Å². The lowest BCUT2D eigenvalue weighted by Gasteiger charge is -2.12. The number of amides is 1. The second kappa shape index (κ2) is 4.17. The monoisotopic (exact) mass is 260 g/mol. The van der Waals surface area contributed by atoms with Gasteiger partial charge in [-0.15, -0.1) is 0 Å². The number of nitrogens with one attached hydrogen (secondary N) is 1. The maximum atomic E-state index is 12.3. The van der Waals surface area contributed by atoms with Crippen LogP contribution in [0.5, 0.6) is 0 Å². The summed E-state index contributed by atoms with van der Waals surface area (Å²) in [5, 5.41) is 5.30. The van der Waals surface area contributed by atoms with Crippen molar-refractivity contribution in [3.05, 3.63) is 29.6 Å². The first kappa shape index (κ1) is 12.1. The van der Waals surface area contributed by atoms with Gasteiger partial charge in [0.25, 0.3) is 12.1 Å². The van der Waals surface area contributed by atoms with Gasteiger partial charge in [-0.3, -0.25) is 9.78 Å². The molecule has 1 aliphatic heterocycles. The zero-order chi connectivity index (χ0) is 13.3. The fourth-order valence-electron chi connectivity index (χ4n) is 1.24. The first-order chi connectivity index (χ1) is 8.38. The molecule has 1 amide bonds. The van der Waals surface area contributed by atoms with Crippen LogP contribution in [0, 0.1) is 0 Å². The van der Waals surface area contributed by atoms with E-state index in [-0.39, 0.29) is 17.1 Å². The number of carbonyl (C=O) groups excluding carboxylic acids is 1. The molecule has 1 aromatic heterocycles. The number of nitrogens with two attached hydrogens (primary N) is 1. The van der Waals surface area contributed by atoms with Gasteiger partial charge in [0.15, 0.2) is 5.84 Å². The average molecular weight is 260 g/mol. The lowest BCUT2D eigenvalue weighted by molar-refractivity contribution is -0.218. The van der Waals surface area contributed by atoms with Gasteiger partial charge in [0.1, 0.15) is 5.69 Å². The summed E-state index contributed by atoms with van der Waals surface area (Å²) in [7, 11) is 0. The first-order valence-electron chi connectivity index (χ1n) is 4.71. The van der Waals surface area contributed by atoms with Gasteiger partial charge in [0.05, 0.1) is 0 Å². The van der Waals surface area contributed by atoms with Crippen LogP contribution in [0.15, 0.2) is 23.5 Å². The Morgan fingerprint density at radius 2 is 2.17 bits per heavy atom. The molecule has 96 valence electrons. The third-order valence-corrected chi connectivity index (χ3v) is 2.10. The molecular formula is C9H7F3N4O2. The molecule has 0 bridgehead atoms. The molecule has 0 aliphatic carbocycles. The van der Waals surface area contributed by atoms with E-state index in [1.807, 2.05) is 5.32 Å². The number of alkyl halides is 3. The SMILES string of the molecule is NC(=O)c1ccc(C2=NOC(C(F)(F)F)N2)cn1. The summed E-state index contributed by atoms with van der Waals surface area (Å²) in [5.74, 6) is -0.840. The molecule has 0 saturated heterocycles. The Bertz CT molecular complexity index is 498. The van der Waals surface area contributed by atoms with Crippen molar-refractivity contribution in [1.29, 1.82) is 0 Å². The minimum absolute atomic E-state index is 0.00522. The molecule has 3 N–H and O–H groups in total. The molecule has 0 aromatic carbocycles. The molecule has 0 radical (unpaired) electrons. The summed E-state index contributed by atoms with van der Waals surface area (Å²) in [6, 6.07) is 2.64. The summed E-state index contributed by atoms with van der Waals surface area (Å²) in [5.41, 5.74) is 5.24. The van der Waals surface area contributed by atoms with Gasteiger partial charge in [0, 0.05) is 11.8 Å². The number of hydrogen-bond donors (Lipinski definition) is 2. The molecule has 6 nitrogen and oxygen atoms in total. The molecule has 1 unspecified atom stereocenters. The van der Waals surface area contributed by atoms with Gasteiger partial charge in [-0.2, -0.15) is 13.2 Å². The molecule has 1 aliphatic rings. The zero-order valence-corrected chi connectivity index (χ0v) is 8.73. The largest absolute Gasteiger partial charge is 0.448 e. The van der Waals surface area contributed by atoms with E-state index < -0.39 is 18.3 Å². The van der Waals surface area contributed by atoms with Crippen molar-refractivity contribution in [2.24, 2.45) is 10.9 Å². The Kier molecular flexibility index (Phi) is 2.81. The van der Waals surface area contributed by atoms with Crippen LogP contribution in [0.3, 0.4) is 0 Å². The molecule has 9 heteroatoms. The topological polar surface area (TPSA) is 89.6 Å². The Balaban J connectivity index is 2.12. The maximum absolute atomic E-state index is 12.3. The Morgan fingerprint density at radius 1 is 1.44 bits per heavy atom. The number of carbonyl (C=O) groups is 1. The van der Waals surface area contributed by atoms with Gasteiger partial charge in [-0.25, -0.2) is 0 Å². The molecule has 0 saturated carbocycles. The highest BCUT2D eigenvalue weighted by atomic mass is 19.4. The highest BCUT2D eigenvalue weighted by Gasteiger charge is 2.45. The number of primary amides is 1. The van der Waals surface area contributed by atoms with Gasteiger partial charge in [-0.05, 0) is 12.1 Å². The van der Waals surface area contributed by atoms with E-state index in [0.29, 0.717) is 0 Å². The second-order valence-electron chi connectivity index (χ2n) is 3.41. The van der Waals surface area contributed by atoms with Crippen molar-refractivity contribution in [2.45, 2.75) is 12.4 Å². The predicted octanol–water partition coefficient (Wildman–Crippen LogP) is 0.350. The van der Waals surface area contributed by atoms with Crippen LogP contribution in [-0.2, 0) is 4.84 Å². The molecular weight excluding hydrogens is 253 g/mol. The van der Waals surface area contributed by atoms with E-state index in [9.17, 15) is 18.0 Å². The highest BCUT2D eigenvalue weighted by molar-refractivity contribution is 5.99. The van der Waals surface area contributed by atoms with Crippen LogP contribution < -0.4 is 11.1 Å². The van der Waals surface area contributed by atoms with E-state index in [4.69, 9.17) is 5.73 Å². The standard InChI is InChI=1S/C9H7F3N4O2/c10-9(11,12)8-15-7(16-18-8)4-1-2-5(6(13)17)14-3-4/h1-3,8H,(H2,13,17)(H,15,16). The minimum Gasteiger partial charge on any atom is -0.364 e. The summed E-state index contributed by atoms with van der Waals surface area (Å²) >= 11 is 0. The number of oxime groups is 1. The first-order valence-corrected chi connectivity index (χ1v) is 4.71. The fourth-order valence-corrected chi connectivity index (χ4v) is 1.24. The maximum Gasteiger partial charge on any atom is 0.448 e. The number of nitrogens with zero attached hydrogens (tertiary/aromatic N) is 2. The lowest BCUT2D eigenvalue weighted by Crippen LogP contribution is -2.42. The van der Waals surface area contributed by atoms with Crippen molar-refractivity contribution in [1.82, 2.24) is 10.3 Å². The van der Waals surface area contributed by atoms with E-state index >= 15 is 0 Å². The summed E-state index contributed by atoms with van der Waals surface area (Å²) in [6.45, 7) is 0. The zero-order valence-electron chi connectivity index (χ0n) is 8.73. The third-order valence-electron chi connectivity index (χ3n) is 2.10. The smallest absolute Gasteiger partial charge is 0.364 e. The van der Waals surface area contributed by atoms with Gasteiger partial charge in [0.2, 0.25) is 0 Å². The summed E-state index contributed by atoms with van der Waals surface area (Å²) < 4.78 is 36.8. The van der Waals surface area contributed by atoms with Crippen LogP contribution in [0.1, 0.15) is 16.1 Å². The molecule has 0 spiro atoms. The van der Waals surface area contributed by atoms with Gasteiger partial charge >= 0.3 is 6.18 Å². The number of hydrogen-bond acceptors (Lipinski definition) is 5. The van der Waals surface area contributed by atoms with Crippen molar-refractivity contribution >= 4 is 11.7 Å². The minimum atomic E-state index is -4.56.